The summed E-state index contributed by atoms with van der Waals surface area (Å²) in [6, 6.07) is 6.10. The second kappa shape index (κ2) is 9.71. The molecule has 3 rings (SSSR count). The number of carbonyl (C=O) groups excluding carboxylic acids is 2. The van der Waals surface area contributed by atoms with Crippen molar-refractivity contribution < 1.29 is 18.7 Å². The van der Waals surface area contributed by atoms with Gasteiger partial charge in [-0.05, 0) is 71.2 Å². The molecule has 2 aromatic rings. The van der Waals surface area contributed by atoms with Gasteiger partial charge in [-0.2, -0.15) is 5.10 Å². The van der Waals surface area contributed by atoms with Crippen LogP contribution < -0.4 is 5.32 Å². The number of likely N-dealkylation sites (tertiary alicyclic amines) is 1. The van der Waals surface area contributed by atoms with Crippen LogP contribution in [0, 0.1) is 5.82 Å². The quantitative estimate of drug-likeness (QED) is 0.728. The number of aromatic nitrogens is 2. The largest absolute Gasteiger partial charge is 0.444 e. The molecule has 0 radical (unpaired) electrons. The average Bonchev–Trinajstić information content (AvgIpc) is 3.18. The minimum absolute atomic E-state index is 0.0268. The van der Waals surface area contributed by atoms with Gasteiger partial charge in [0, 0.05) is 25.0 Å². The normalized spacial score (nSPS) is 16.0. The molecule has 7 nitrogen and oxygen atoms in total. The van der Waals surface area contributed by atoms with Gasteiger partial charge in [-0.15, -0.1) is 0 Å². The van der Waals surface area contributed by atoms with Gasteiger partial charge in [0.15, 0.2) is 0 Å². The van der Waals surface area contributed by atoms with Crippen LogP contribution in [0.4, 0.5) is 9.18 Å². The van der Waals surface area contributed by atoms with Crippen molar-refractivity contribution in [2.75, 3.05) is 13.1 Å². The van der Waals surface area contributed by atoms with Gasteiger partial charge in [0.05, 0.1) is 23.1 Å². The Labute approximate surface area is 188 Å². The highest BCUT2D eigenvalue weighted by Crippen LogP contribution is 2.33. The number of nitrogens with zero attached hydrogens (tertiary/aromatic N) is 3. The molecule has 1 N–H and O–H groups in total. The van der Waals surface area contributed by atoms with Crippen molar-refractivity contribution >= 4 is 12.0 Å². The molecule has 174 valence electrons. The SMILES string of the molecule is CC[C@H](C)NC(=O)c1cnn(-c2ccc(F)cc2)c1C1CCN(C(=O)OC(C)(C)C)CC1. The molecular formula is C24H33FN4O3. The maximum Gasteiger partial charge on any atom is 0.410 e. The third kappa shape index (κ3) is 5.66. The minimum atomic E-state index is -0.545. The number of rotatable bonds is 5. The summed E-state index contributed by atoms with van der Waals surface area (Å²) in [7, 11) is 0. The number of halogens is 1. The van der Waals surface area contributed by atoms with Crippen molar-refractivity contribution in [3.8, 4) is 5.69 Å². The van der Waals surface area contributed by atoms with Crippen LogP contribution in [-0.4, -0.2) is 51.4 Å². The molecule has 0 aliphatic carbocycles. The summed E-state index contributed by atoms with van der Waals surface area (Å²) in [5.41, 5.74) is 1.46. The third-order valence-corrected chi connectivity index (χ3v) is 5.65. The van der Waals surface area contributed by atoms with E-state index in [0.717, 1.165) is 12.1 Å². The molecule has 0 bridgehead atoms. The van der Waals surface area contributed by atoms with E-state index in [1.165, 1.54) is 12.1 Å². The Morgan fingerprint density at radius 1 is 1.22 bits per heavy atom. The summed E-state index contributed by atoms with van der Waals surface area (Å²) in [5.74, 6) is -0.473. The number of ether oxygens (including phenoxy) is 1. The zero-order valence-corrected chi connectivity index (χ0v) is 19.5. The molecule has 2 heterocycles. The highest BCUT2D eigenvalue weighted by atomic mass is 19.1. The standard InChI is InChI=1S/C24H33FN4O3/c1-6-16(2)27-22(30)20-15-26-29(19-9-7-18(25)8-10-19)21(20)17-11-13-28(14-12-17)23(31)32-24(3,4)5/h7-10,15-17H,6,11-14H2,1-5H3,(H,27,30)/t16-/m0/s1. The fourth-order valence-electron chi connectivity index (χ4n) is 3.78. The van der Waals surface area contributed by atoms with Crippen molar-refractivity contribution in [2.24, 2.45) is 0 Å². The predicted molar refractivity (Wildman–Crippen MR) is 121 cm³/mol. The van der Waals surface area contributed by atoms with E-state index >= 15 is 0 Å². The number of hydrogen-bond donors (Lipinski definition) is 1. The first-order chi connectivity index (χ1) is 15.1. The zero-order valence-electron chi connectivity index (χ0n) is 19.5. The molecule has 32 heavy (non-hydrogen) atoms. The Balaban J connectivity index is 1.86. The summed E-state index contributed by atoms with van der Waals surface area (Å²) in [5, 5.41) is 7.49. The first-order valence-electron chi connectivity index (χ1n) is 11.2. The number of carbonyl (C=O) groups is 2. The van der Waals surface area contributed by atoms with Crippen molar-refractivity contribution in [1.29, 1.82) is 0 Å². The number of benzene rings is 1. The molecule has 1 aliphatic heterocycles. The molecule has 0 spiro atoms. The van der Waals surface area contributed by atoms with E-state index in [4.69, 9.17) is 4.74 Å². The smallest absolute Gasteiger partial charge is 0.410 e. The van der Waals surface area contributed by atoms with Gasteiger partial charge in [-0.25, -0.2) is 13.9 Å². The topological polar surface area (TPSA) is 76.5 Å². The molecule has 8 heteroatoms. The lowest BCUT2D eigenvalue weighted by Gasteiger charge is -2.34. The first-order valence-corrected chi connectivity index (χ1v) is 11.2. The van der Waals surface area contributed by atoms with Crippen molar-refractivity contribution in [3.63, 3.8) is 0 Å². The van der Waals surface area contributed by atoms with Gasteiger partial charge in [0.2, 0.25) is 0 Å². The van der Waals surface area contributed by atoms with Crippen LogP contribution in [0.15, 0.2) is 30.5 Å². The van der Waals surface area contributed by atoms with E-state index in [1.807, 2.05) is 34.6 Å². The van der Waals surface area contributed by atoms with Gasteiger partial charge in [0.25, 0.3) is 5.91 Å². The summed E-state index contributed by atoms with van der Waals surface area (Å²) in [4.78, 5) is 27.1. The first kappa shape index (κ1) is 23.8. The van der Waals surface area contributed by atoms with Crippen LogP contribution in [0.25, 0.3) is 5.69 Å². The molecule has 1 aliphatic rings. The maximum atomic E-state index is 13.5. The Bertz CT molecular complexity index is 941. The maximum absolute atomic E-state index is 13.5. The molecular weight excluding hydrogens is 411 g/mol. The third-order valence-electron chi connectivity index (χ3n) is 5.65. The van der Waals surface area contributed by atoms with E-state index in [-0.39, 0.29) is 29.8 Å². The number of nitrogens with one attached hydrogen (secondary N) is 1. The van der Waals surface area contributed by atoms with E-state index in [0.29, 0.717) is 37.2 Å². The van der Waals surface area contributed by atoms with Crippen LogP contribution >= 0.6 is 0 Å². The Morgan fingerprint density at radius 3 is 2.41 bits per heavy atom. The van der Waals surface area contributed by atoms with Gasteiger partial charge < -0.3 is 15.0 Å². The number of amides is 2. The molecule has 0 unspecified atom stereocenters. The zero-order chi connectivity index (χ0) is 23.5. The summed E-state index contributed by atoms with van der Waals surface area (Å²) in [6.45, 7) is 10.6. The second-order valence-corrected chi connectivity index (χ2v) is 9.36. The van der Waals surface area contributed by atoms with E-state index in [1.54, 1.807) is 27.9 Å². The lowest BCUT2D eigenvalue weighted by atomic mass is 9.90. The number of hydrogen-bond acceptors (Lipinski definition) is 4. The van der Waals surface area contributed by atoms with Crippen LogP contribution in [-0.2, 0) is 4.74 Å². The highest BCUT2D eigenvalue weighted by Gasteiger charge is 2.32. The molecule has 1 saturated heterocycles. The van der Waals surface area contributed by atoms with Gasteiger partial charge >= 0.3 is 6.09 Å². The Morgan fingerprint density at radius 2 is 1.84 bits per heavy atom. The monoisotopic (exact) mass is 444 g/mol. The summed E-state index contributed by atoms with van der Waals surface area (Å²) in [6.07, 6.45) is 3.43. The molecule has 1 fully saturated rings. The van der Waals surface area contributed by atoms with Crippen molar-refractivity contribution in [3.05, 3.63) is 47.5 Å². The Kier molecular flexibility index (Phi) is 7.21. The molecule has 1 aromatic heterocycles. The lowest BCUT2D eigenvalue weighted by Crippen LogP contribution is -2.41. The number of piperidine rings is 1. The molecule has 1 atom stereocenters. The highest BCUT2D eigenvalue weighted by molar-refractivity contribution is 5.95. The van der Waals surface area contributed by atoms with Gasteiger partial charge in [0.1, 0.15) is 11.4 Å². The molecule has 1 aromatic carbocycles. The lowest BCUT2D eigenvalue weighted by molar-refractivity contribution is 0.0203. The van der Waals surface area contributed by atoms with Crippen molar-refractivity contribution in [1.82, 2.24) is 20.0 Å². The fraction of sp³-hybridized carbons (Fsp3) is 0.542. The van der Waals surface area contributed by atoms with Crippen LogP contribution in [0.3, 0.4) is 0 Å². The summed E-state index contributed by atoms with van der Waals surface area (Å²) >= 11 is 0. The average molecular weight is 445 g/mol. The fourth-order valence-corrected chi connectivity index (χ4v) is 3.78. The van der Waals surface area contributed by atoms with Gasteiger partial charge in [-0.3, -0.25) is 4.79 Å². The van der Waals surface area contributed by atoms with Gasteiger partial charge in [-0.1, -0.05) is 6.92 Å². The molecule has 0 saturated carbocycles. The second-order valence-electron chi connectivity index (χ2n) is 9.36. The van der Waals surface area contributed by atoms with Crippen LogP contribution in [0.2, 0.25) is 0 Å². The van der Waals surface area contributed by atoms with Crippen LogP contribution in [0.5, 0.6) is 0 Å². The van der Waals surface area contributed by atoms with E-state index < -0.39 is 5.60 Å². The van der Waals surface area contributed by atoms with E-state index in [9.17, 15) is 14.0 Å². The van der Waals surface area contributed by atoms with Crippen LogP contribution in [0.1, 0.15) is 75.9 Å². The van der Waals surface area contributed by atoms with E-state index in [2.05, 4.69) is 10.4 Å². The summed E-state index contributed by atoms with van der Waals surface area (Å²) < 4.78 is 20.7. The Hall–Kier alpha value is -2.90. The van der Waals surface area contributed by atoms with Crippen molar-refractivity contribution in [2.45, 2.75) is 71.4 Å². The minimum Gasteiger partial charge on any atom is -0.444 e. The predicted octanol–water partition coefficient (Wildman–Crippen LogP) is 4.65. The molecule has 2 amide bonds.